The van der Waals surface area contributed by atoms with Gasteiger partial charge in [0.1, 0.15) is 11.1 Å². The zero-order valence-electron chi connectivity index (χ0n) is 29.4. The molecule has 10 heteroatoms. The van der Waals surface area contributed by atoms with Crippen LogP contribution in [0.2, 0.25) is 5.02 Å². The molecule has 4 bridgehead atoms. The molecule has 266 valence electrons. The minimum atomic E-state index is -1.24. The van der Waals surface area contributed by atoms with Gasteiger partial charge < -0.3 is 16.0 Å². The molecule has 2 fully saturated rings. The third-order valence-corrected chi connectivity index (χ3v) is 13.2. The molecule has 3 aromatic carbocycles. The molecular formula is C42H42ClN5O4. The molecule has 9 nitrogen and oxygen atoms in total. The summed E-state index contributed by atoms with van der Waals surface area (Å²) < 4.78 is 2.26. The van der Waals surface area contributed by atoms with Gasteiger partial charge in [-0.15, -0.1) is 0 Å². The molecule has 6 atom stereocenters. The van der Waals surface area contributed by atoms with Crippen molar-refractivity contribution in [1.29, 1.82) is 0 Å². The molecule has 1 aromatic heterocycles. The largest absolute Gasteiger partial charge is 0.370 e. The molecule has 2 radical (unpaired) electrons. The number of nitrogens with zero attached hydrogens (tertiary/aromatic N) is 3. The summed E-state index contributed by atoms with van der Waals surface area (Å²) in [5.74, 6) is -0.954. The SMILES string of the molecule is CC1(CC(N)=O)c2ccc(cc2)[C@]1([C]=O)N1CCCC1c1ccc(C2CCCN2[C@@]2([C]=O)c3ccc(cc3)C2(C)CC(N)=O)n1-c1ccc(Cl)cc1. The maximum absolute atomic E-state index is 13.6. The molecule has 2 amide bonds. The van der Waals surface area contributed by atoms with Gasteiger partial charge in [0.2, 0.25) is 24.4 Å². The number of fused-ring (bicyclic) bond motifs is 6. The van der Waals surface area contributed by atoms with Crippen LogP contribution in [0.3, 0.4) is 0 Å². The smallest absolute Gasteiger partial charge is 0.226 e. The monoisotopic (exact) mass is 715 g/mol. The molecule has 0 spiro atoms. The fourth-order valence-electron chi connectivity index (χ4n) is 10.6. The standard InChI is InChI=1S/C42H42ClN5O4/c1-39(23-37(44)51)27-7-11-29(12-8-27)41(39,25-49)46-21-3-5-33(46)35-19-20-36(48(35)32-17-15-31(43)16-18-32)34-6-4-22-47(34)42(26-50)30-13-9-28(10-14-30)40(42,2)24-38(45)52/h7-20,33-34H,3-6,21-24H2,1-2H3,(H2,44,51)(H2,45,52)/t33?,34?,39?,40?,41-,42-/m0/s1. The fraction of sp³-hybridized carbons (Fsp3) is 0.381. The second-order valence-electron chi connectivity index (χ2n) is 15.4. The predicted molar refractivity (Wildman–Crippen MR) is 198 cm³/mol. The van der Waals surface area contributed by atoms with Crippen molar-refractivity contribution in [3.05, 3.63) is 124 Å². The summed E-state index contributed by atoms with van der Waals surface area (Å²) in [6.45, 7) is 5.14. The van der Waals surface area contributed by atoms with E-state index in [9.17, 15) is 19.2 Å². The molecule has 2 saturated heterocycles. The highest BCUT2D eigenvalue weighted by molar-refractivity contribution is 6.30. The van der Waals surface area contributed by atoms with Crippen LogP contribution in [-0.2, 0) is 41.1 Å². The first-order valence-electron chi connectivity index (χ1n) is 18.0. The Kier molecular flexibility index (Phi) is 8.13. The molecular weight excluding hydrogens is 674 g/mol. The molecule has 52 heavy (non-hydrogen) atoms. The van der Waals surface area contributed by atoms with E-state index in [-0.39, 0.29) is 24.9 Å². The van der Waals surface area contributed by atoms with Crippen molar-refractivity contribution < 1.29 is 19.2 Å². The first-order valence-corrected chi connectivity index (χ1v) is 18.4. The van der Waals surface area contributed by atoms with Crippen molar-refractivity contribution in [2.45, 2.75) is 86.4 Å². The number of likely N-dealkylation sites (tertiary alicyclic amines) is 2. The fourth-order valence-corrected chi connectivity index (χ4v) is 10.8. The number of rotatable bonds is 11. The zero-order chi connectivity index (χ0) is 36.6. The number of nitrogens with two attached hydrogens (primary N) is 2. The molecule has 4 N–H and O–H groups in total. The Balaban J connectivity index is 1.29. The lowest BCUT2D eigenvalue weighted by Gasteiger charge is -2.55. The van der Waals surface area contributed by atoms with Crippen molar-refractivity contribution in [2.24, 2.45) is 11.5 Å². The number of benzene rings is 3. The third-order valence-electron chi connectivity index (χ3n) is 12.9. The summed E-state index contributed by atoms with van der Waals surface area (Å²) in [7, 11) is 0. The maximum Gasteiger partial charge on any atom is 0.226 e. The van der Waals surface area contributed by atoms with E-state index in [4.69, 9.17) is 23.1 Å². The van der Waals surface area contributed by atoms with Gasteiger partial charge in [-0.05, 0) is 84.3 Å². The number of hydrogen-bond donors (Lipinski definition) is 2. The first kappa shape index (κ1) is 34.5. The highest BCUT2D eigenvalue weighted by atomic mass is 35.5. The van der Waals surface area contributed by atoms with Crippen LogP contribution >= 0.6 is 11.6 Å². The molecule has 4 aliphatic carbocycles. The third kappa shape index (κ3) is 4.55. The van der Waals surface area contributed by atoms with Crippen molar-refractivity contribution in [1.82, 2.24) is 14.4 Å². The van der Waals surface area contributed by atoms with Crippen LogP contribution in [0.15, 0.2) is 84.9 Å². The van der Waals surface area contributed by atoms with Crippen molar-refractivity contribution in [2.75, 3.05) is 13.1 Å². The topological polar surface area (TPSA) is 132 Å². The molecule has 4 aromatic rings. The highest BCUT2D eigenvalue weighted by Gasteiger charge is 2.62. The molecule has 0 saturated carbocycles. The summed E-state index contributed by atoms with van der Waals surface area (Å²) in [6.07, 6.45) is 8.18. The molecule has 10 rings (SSSR count). The molecule has 6 aliphatic rings. The number of primary amides is 2. The van der Waals surface area contributed by atoms with E-state index in [2.05, 4.69) is 39.1 Å². The van der Waals surface area contributed by atoms with Crippen LogP contribution in [0.5, 0.6) is 0 Å². The second-order valence-corrected chi connectivity index (χ2v) is 15.9. The van der Waals surface area contributed by atoms with E-state index in [1.807, 2.05) is 86.6 Å². The van der Waals surface area contributed by atoms with Crippen LogP contribution in [-0.4, -0.2) is 51.8 Å². The Bertz CT molecular complexity index is 1960. The number of aromatic nitrogens is 1. The number of halogens is 1. The predicted octanol–water partition coefficient (Wildman–Crippen LogP) is 5.71. The Morgan fingerprint density at radius 2 is 1.04 bits per heavy atom. The van der Waals surface area contributed by atoms with Gasteiger partial charge in [-0.2, -0.15) is 0 Å². The minimum absolute atomic E-state index is 0.00542. The molecule has 2 aliphatic heterocycles. The van der Waals surface area contributed by atoms with Gasteiger partial charge in [-0.1, -0.05) is 74.0 Å². The van der Waals surface area contributed by atoms with Gasteiger partial charge in [0.15, 0.2) is 0 Å². The number of carbonyl (C=O) groups is 2. The van der Waals surface area contributed by atoms with Gasteiger partial charge in [0, 0.05) is 58.9 Å². The van der Waals surface area contributed by atoms with E-state index in [1.54, 1.807) is 0 Å². The summed E-state index contributed by atoms with van der Waals surface area (Å²) in [5, 5.41) is 0.605. The van der Waals surface area contributed by atoms with Crippen LogP contribution in [0.25, 0.3) is 5.69 Å². The lowest BCUT2D eigenvalue weighted by molar-refractivity contribution is -0.121. The Morgan fingerprint density at radius 3 is 1.40 bits per heavy atom. The second kappa shape index (κ2) is 12.3. The normalized spacial score (nSPS) is 30.9. The Hall–Kier alpha value is -4.57. The van der Waals surface area contributed by atoms with Gasteiger partial charge in [0.25, 0.3) is 0 Å². The Labute approximate surface area is 308 Å². The van der Waals surface area contributed by atoms with Crippen molar-refractivity contribution >= 4 is 36.0 Å². The van der Waals surface area contributed by atoms with E-state index < -0.39 is 33.7 Å². The van der Waals surface area contributed by atoms with E-state index >= 15 is 0 Å². The minimum Gasteiger partial charge on any atom is -0.370 e. The Morgan fingerprint density at radius 1 is 0.654 bits per heavy atom. The average molecular weight is 716 g/mol. The summed E-state index contributed by atoms with van der Waals surface area (Å²) in [6, 6.07) is 27.3. The van der Waals surface area contributed by atoms with Crippen LogP contribution in [0.1, 0.15) is 98.1 Å². The van der Waals surface area contributed by atoms with Gasteiger partial charge in [0.05, 0.1) is 12.1 Å². The summed E-state index contributed by atoms with van der Waals surface area (Å²) >= 11 is 6.43. The van der Waals surface area contributed by atoms with Gasteiger partial charge in [-0.3, -0.25) is 29.0 Å². The number of amides is 2. The van der Waals surface area contributed by atoms with Crippen LogP contribution in [0.4, 0.5) is 0 Å². The van der Waals surface area contributed by atoms with E-state index in [1.165, 1.54) is 0 Å². The van der Waals surface area contributed by atoms with Crippen LogP contribution in [0, 0.1) is 0 Å². The molecule has 4 unspecified atom stereocenters. The summed E-state index contributed by atoms with van der Waals surface area (Å²) in [5.41, 5.74) is 13.6. The molecule has 3 heterocycles. The van der Waals surface area contributed by atoms with Crippen LogP contribution < -0.4 is 11.5 Å². The number of carbonyl (C=O) groups excluding carboxylic acids is 4. The van der Waals surface area contributed by atoms with Crippen molar-refractivity contribution in [3.63, 3.8) is 0 Å². The zero-order valence-corrected chi connectivity index (χ0v) is 30.2. The highest BCUT2D eigenvalue weighted by Crippen LogP contribution is 2.58. The quantitative estimate of drug-likeness (QED) is 0.205. The maximum atomic E-state index is 13.6. The van der Waals surface area contributed by atoms with Gasteiger partial charge in [-0.25, -0.2) is 0 Å². The van der Waals surface area contributed by atoms with Gasteiger partial charge >= 0.3 is 0 Å². The van der Waals surface area contributed by atoms with Crippen molar-refractivity contribution in [3.8, 4) is 5.69 Å². The van der Waals surface area contributed by atoms with E-state index in [0.29, 0.717) is 18.1 Å². The summed E-state index contributed by atoms with van der Waals surface area (Å²) in [4.78, 5) is 56.9. The van der Waals surface area contributed by atoms with E-state index in [0.717, 1.165) is 65.0 Å². The number of hydrogen-bond acceptors (Lipinski definition) is 6. The lowest BCUT2D eigenvalue weighted by atomic mass is 9.57. The average Bonchev–Trinajstić information content (AvgIpc) is 3.90. The lowest BCUT2D eigenvalue weighted by Crippen LogP contribution is -2.62. The first-order chi connectivity index (χ1) is 24.9.